The van der Waals surface area contributed by atoms with Gasteiger partial charge in [-0.15, -0.1) is 0 Å². The smallest absolute Gasteiger partial charge is 0.347 e. The molecule has 0 aliphatic carbocycles. The molecule has 7 heteroatoms. The molecule has 5 N–H and O–H groups in total. The number of rotatable bonds is 1. The molecule has 0 aromatic carbocycles. The molecule has 7 nitrogen and oxygen atoms in total. The largest absolute Gasteiger partial charge is 0.754 e. The van der Waals surface area contributed by atoms with Crippen LogP contribution >= 0.6 is 0 Å². The first-order chi connectivity index (χ1) is 5.57. The Hall–Kier alpha value is -1.92. The van der Waals surface area contributed by atoms with Crippen molar-refractivity contribution in [2.75, 3.05) is 18.6 Å². The van der Waals surface area contributed by atoms with E-state index in [0.717, 1.165) is 0 Å². The Balaban J connectivity index is 3.39. The van der Waals surface area contributed by atoms with E-state index in [9.17, 15) is 5.21 Å². The van der Waals surface area contributed by atoms with Crippen LogP contribution in [0.2, 0.25) is 0 Å². The predicted molar refractivity (Wildman–Crippen MR) is 40.2 cm³/mol. The van der Waals surface area contributed by atoms with Gasteiger partial charge in [-0.2, -0.15) is 0 Å². The van der Waals surface area contributed by atoms with Crippen LogP contribution < -0.4 is 20.9 Å². The number of aromatic hydroxyl groups is 1. The molecule has 0 atom stereocenters. The molecular formula is C5H8N4O3. The second kappa shape index (κ2) is 2.61. The molecule has 12 heavy (non-hydrogen) atoms. The number of ether oxygens (including phenoxy) is 1. The zero-order valence-electron chi connectivity index (χ0n) is 6.31. The number of hydrogen-bond acceptors (Lipinski definition) is 6. The lowest BCUT2D eigenvalue weighted by atomic mass is 10.5. The topological polar surface area (TPSA) is 121 Å². The maximum atomic E-state index is 10.8. The molecule has 0 spiro atoms. The normalized spacial score (nSPS) is 9.75. The van der Waals surface area contributed by atoms with Crippen molar-refractivity contribution in [2.45, 2.75) is 0 Å². The number of nitrogens with zero attached hydrogens (tertiary/aromatic N) is 2. The number of anilines is 2. The molecule has 1 aromatic heterocycles. The van der Waals surface area contributed by atoms with Crippen LogP contribution in [0.15, 0.2) is 0 Å². The highest BCUT2D eigenvalue weighted by molar-refractivity contribution is 5.49. The van der Waals surface area contributed by atoms with Gasteiger partial charge < -0.3 is 26.5 Å². The van der Waals surface area contributed by atoms with E-state index < -0.39 is 11.6 Å². The number of nitrogens with two attached hydrogens (primary N) is 2. The van der Waals surface area contributed by atoms with Gasteiger partial charge in [-0.25, -0.2) is 4.73 Å². The Labute approximate surface area is 67.8 Å². The van der Waals surface area contributed by atoms with Gasteiger partial charge in [0.05, 0.1) is 7.11 Å². The molecule has 0 radical (unpaired) electrons. The van der Waals surface area contributed by atoms with E-state index in [1.165, 1.54) is 7.11 Å². The van der Waals surface area contributed by atoms with Gasteiger partial charge in [0.2, 0.25) is 5.82 Å². The van der Waals surface area contributed by atoms with Gasteiger partial charge in [-0.1, -0.05) is 4.98 Å². The van der Waals surface area contributed by atoms with Gasteiger partial charge >= 0.3 is 11.8 Å². The van der Waals surface area contributed by atoms with Crippen molar-refractivity contribution in [3.63, 3.8) is 0 Å². The molecule has 1 rings (SSSR count). The van der Waals surface area contributed by atoms with Gasteiger partial charge in [0.15, 0.2) is 0 Å². The Bertz CT molecular complexity index is 314. The first-order valence-corrected chi connectivity index (χ1v) is 2.99. The van der Waals surface area contributed by atoms with Crippen LogP contribution in [0.25, 0.3) is 0 Å². The van der Waals surface area contributed by atoms with E-state index in [4.69, 9.17) is 16.6 Å². The van der Waals surface area contributed by atoms with E-state index >= 15 is 0 Å². The summed E-state index contributed by atoms with van der Waals surface area (Å²) in [6.45, 7) is 0. The summed E-state index contributed by atoms with van der Waals surface area (Å²) in [6.07, 6.45) is 0. The fourth-order valence-electron chi connectivity index (χ4n) is 0.674. The number of aromatic nitrogens is 2. The Morgan fingerprint density at radius 3 is 2.67 bits per heavy atom. The summed E-state index contributed by atoms with van der Waals surface area (Å²) in [7, 11) is 1.27. The minimum absolute atomic E-state index is 0.109. The van der Waals surface area contributed by atoms with Crippen molar-refractivity contribution in [2.24, 2.45) is 0 Å². The van der Waals surface area contributed by atoms with E-state index in [-0.39, 0.29) is 16.6 Å². The fraction of sp³-hybridized carbons (Fsp3) is 0.200. The molecule has 0 bridgehead atoms. The first-order valence-electron chi connectivity index (χ1n) is 2.99. The third-order valence-electron chi connectivity index (χ3n) is 1.28. The SMILES string of the molecule is COc1nc(N)[n+]([O-])c(N)c1O. The summed E-state index contributed by atoms with van der Waals surface area (Å²) in [5, 5.41) is 20.0. The highest BCUT2D eigenvalue weighted by Gasteiger charge is 2.16. The lowest BCUT2D eigenvalue weighted by molar-refractivity contribution is -0.577. The van der Waals surface area contributed by atoms with Crippen molar-refractivity contribution in [1.29, 1.82) is 0 Å². The van der Waals surface area contributed by atoms with Gasteiger partial charge in [0.25, 0.3) is 5.75 Å². The zero-order chi connectivity index (χ0) is 9.30. The molecule has 0 fully saturated rings. The predicted octanol–water partition coefficient (Wildman–Crippen LogP) is -1.41. The summed E-state index contributed by atoms with van der Waals surface area (Å²) in [5.74, 6) is -1.49. The minimum atomic E-state index is -0.512. The quantitative estimate of drug-likeness (QED) is 0.353. The molecule has 0 saturated heterocycles. The molecule has 1 heterocycles. The highest BCUT2D eigenvalue weighted by Crippen LogP contribution is 2.26. The van der Waals surface area contributed by atoms with Crippen LogP contribution in [0, 0.1) is 5.21 Å². The summed E-state index contributed by atoms with van der Waals surface area (Å²) in [6, 6.07) is 0. The maximum Gasteiger partial charge on any atom is 0.347 e. The standard InChI is InChI=1S/C5H8N4O3/c1-12-4-2(10)3(6)9(11)5(7)8-4/h10H,6H2,1H3,(H2,7,8). The van der Waals surface area contributed by atoms with E-state index in [2.05, 4.69) is 9.72 Å². The molecule has 0 amide bonds. The number of methoxy groups -OCH3 is 1. The average Bonchev–Trinajstić information content (AvgIpc) is 2.08. The Morgan fingerprint density at radius 1 is 1.58 bits per heavy atom. The highest BCUT2D eigenvalue weighted by atomic mass is 16.5. The monoisotopic (exact) mass is 172 g/mol. The third kappa shape index (κ3) is 1.00. The summed E-state index contributed by atoms with van der Waals surface area (Å²) in [5.41, 5.74) is 10.3. The van der Waals surface area contributed by atoms with Crippen LogP contribution in [0.1, 0.15) is 0 Å². The lowest BCUT2D eigenvalue weighted by Crippen LogP contribution is -2.35. The van der Waals surface area contributed by atoms with Crippen LogP contribution in [0.4, 0.5) is 11.8 Å². The van der Waals surface area contributed by atoms with Gasteiger partial charge in [0.1, 0.15) is 0 Å². The van der Waals surface area contributed by atoms with Gasteiger partial charge in [0, 0.05) is 0 Å². The van der Waals surface area contributed by atoms with E-state index in [1.54, 1.807) is 0 Å². The van der Waals surface area contributed by atoms with Crippen LogP contribution in [-0.2, 0) is 0 Å². The maximum absolute atomic E-state index is 10.8. The molecule has 0 saturated carbocycles. The van der Waals surface area contributed by atoms with E-state index in [1.807, 2.05) is 0 Å². The van der Waals surface area contributed by atoms with Crippen molar-refractivity contribution < 1.29 is 14.6 Å². The number of hydrogen-bond donors (Lipinski definition) is 3. The first kappa shape index (κ1) is 8.18. The third-order valence-corrected chi connectivity index (χ3v) is 1.28. The minimum Gasteiger partial charge on any atom is -0.754 e. The van der Waals surface area contributed by atoms with Crippen LogP contribution in [0.3, 0.4) is 0 Å². The zero-order valence-corrected chi connectivity index (χ0v) is 6.31. The van der Waals surface area contributed by atoms with E-state index in [0.29, 0.717) is 0 Å². The average molecular weight is 172 g/mol. The second-order valence-corrected chi connectivity index (χ2v) is 2.01. The molecule has 66 valence electrons. The Kier molecular flexibility index (Phi) is 1.78. The molecular weight excluding hydrogens is 164 g/mol. The van der Waals surface area contributed by atoms with Crippen molar-refractivity contribution in [3.8, 4) is 11.6 Å². The van der Waals surface area contributed by atoms with Crippen molar-refractivity contribution in [3.05, 3.63) is 5.21 Å². The second-order valence-electron chi connectivity index (χ2n) is 2.01. The van der Waals surface area contributed by atoms with Crippen LogP contribution in [0.5, 0.6) is 11.6 Å². The van der Waals surface area contributed by atoms with Gasteiger partial charge in [-0.05, 0) is 0 Å². The number of nitrogen functional groups attached to an aromatic ring is 2. The van der Waals surface area contributed by atoms with Crippen molar-refractivity contribution >= 4 is 11.8 Å². The van der Waals surface area contributed by atoms with Crippen LogP contribution in [-0.4, -0.2) is 17.2 Å². The van der Waals surface area contributed by atoms with Crippen molar-refractivity contribution in [1.82, 2.24) is 4.98 Å². The lowest BCUT2D eigenvalue weighted by Gasteiger charge is -2.10. The summed E-state index contributed by atoms with van der Waals surface area (Å²) in [4.78, 5) is 3.43. The molecule has 1 aromatic rings. The summed E-state index contributed by atoms with van der Waals surface area (Å²) >= 11 is 0. The molecule has 0 aliphatic rings. The fourth-order valence-corrected chi connectivity index (χ4v) is 0.674. The van der Waals surface area contributed by atoms with Gasteiger partial charge in [-0.3, -0.25) is 0 Å². The molecule has 0 aliphatic heterocycles. The Morgan fingerprint density at radius 2 is 2.17 bits per heavy atom. The molecule has 0 unspecified atom stereocenters. The summed E-state index contributed by atoms with van der Waals surface area (Å²) < 4.78 is 4.70.